The van der Waals surface area contributed by atoms with Gasteiger partial charge in [0, 0.05) is 0 Å². The van der Waals surface area contributed by atoms with Gasteiger partial charge in [-0.3, -0.25) is 4.79 Å². The molecule has 2 heteroatoms. The lowest BCUT2D eigenvalue weighted by Crippen LogP contribution is -2.24. The Bertz CT molecular complexity index is 200. The van der Waals surface area contributed by atoms with E-state index in [1.54, 1.807) is 0 Å². The Balaban J connectivity index is 2.10. The molecule has 13 heavy (non-hydrogen) atoms. The maximum atomic E-state index is 11.0. The highest BCUT2D eigenvalue weighted by Gasteiger charge is 2.38. The van der Waals surface area contributed by atoms with Crippen LogP contribution in [0.3, 0.4) is 0 Å². The van der Waals surface area contributed by atoms with Crippen LogP contribution in [0.4, 0.5) is 0 Å². The molecule has 2 aliphatic rings. The van der Waals surface area contributed by atoms with E-state index in [2.05, 4.69) is 0 Å². The third-order valence-corrected chi connectivity index (χ3v) is 3.89. The molecule has 3 atom stereocenters. The lowest BCUT2D eigenvalue weighted by atomic mass is 9.83. The summed E-state index contributed by atoms with van der Waals surface area (Å²) in [4.78, 5) is 11.0. The maximum absolute atomic E-state index is 11.0. The molecule has 0 saturated heterocycles. The summed E-state index contributed by atoms with van der Waals surface area (Å²) in [6.07, 6.45) is 8.31. The van der Waals surface area contributed by atoms with Crippen molar-refractivity contribution in [3.8, 4) is 0 Å². The van der Waals surface area contributed by atoms with Crippen LogP contribution < -0.4 is 0 Å². The molecule has 2 rings (SSSR count). The summed E-state index contributed by atoms with van der Waals surface area (Å²) in [5.41, 5.74) is 0. The lowest BCUT2D eigenvalue weighted by molar-refractivity contribution is -0.144. The normalized spacial score (nSPS) is 39.5. The van der Waals surface area contributed by atoms with Gasteiger partial charge in [-0.15, -0.1) is 0 Å². The molecule has 2 aliphatic carbocycles. The summed E-state index contributed by atoms with van der Waals surface area (Å²) >= 11 is 0. The average molecular weight is 182 g/mol. The first-order valence-corrected chi connectivity index (χ1v) is 5.52. The Morgan fingerprint density at radius 2 is 1.69 bits per heavy atom. The predicted molar refractivity (Wildman–Crippen MR) is 50.4 cm³/mol. The lowest BCUT2D eigenvalue weighted by Gasteiger charge is -2.21. The molecule has 0 heterocycles. The van der Waals surface area contributed by atoms with Crippen molar-refractivity contribution in [2.45, 2.75) is 44.9 Å². The Morgan fingerprint density at radius 3 is 2.46 bits per heavy atom. The van der Waals surface area contributed by atoms with Gasteiger partial charge in [-0.25, -0.2) is 0 Å². The van der Waals surface area contributed by atoms with E-state index in [0.717, 1.165) is 18.8 Å². The first-order valence-electron chi connectivity index (χ1n) is 5.52. The summed E-state index contributed by atoms with van der Waals surface area (Å²) < 4.78 is 0. The molecule has 0 spiro atoms. The fourth-order valence-corrected chi connectivity index (χ4v) is 3.25. The number of carboxylic acids is 1. The van der Waals surface area contributed by atoms with Gasteiger partial charge in [-0.1, -0.05) is 32.1 Å². The second kappa shape index (κ2) is 3.69. The Morgan fingerprint density at radius 1 is 1.00 bits per heavy atom. The van der Waals surface area contributed by atoms with Crippen LogP contribution in [0.1, 0.15) is 44.9 Å². The monoisotopic (exact) mass is 182 g/mol. The topological polar surface area (TPSA) is 37.3 Å². The molecular weight excluding hydrogens is 164 g/mol. The highest BCUT2D eigenvalue weighted by molar-refractivity contribution is 5.70. The van der Waals surface area contributed by atoms with Gasteiger partial charge in [0.15, 0.2) is 0 Å². The summed E-state index contributed by atoms with van der Waals surface area (Å²) in [6, 6.07) is 0. The molecule has 0 aromatic carbocycles. The average Bonchev–Trinajstić information content (AvgIpc) is 2.44. The van der Waals surface area contributed by atoms with Crippen LogP contribution >= 0.6 is 0 Å². The number of aliphatic carboxylic acids is 1. The minimum absolute atomic E-state index is 0.0185. The van der Waals surface area contributed by atoms with Crippen molar-refractivity contribution in [3.05, 3.63) is 0 Å². The molecule has 2 saturated carbocycles. The molecule has 1 N–H and O–H groups in total. The molecule has 74 valence electrons. The van der Waals surface area contributed by atoms with Crippen LogP contribution in [0.15, 0.2) is 0 Å². The van der Waals surface area contributed by atoms with E-state index in [9.17, 15) is 4.79 Å². The van der Waals surface area contributed by atoms with Crippen LogP contribution in [0.25, 0.3) is 0 Å². The van der Waals surface area contributed by atoms with E-state index in [1.165, 1.54) is 32.1 Å². The van der Waals surface area contributed by atoms with Gasteiger partial charge >= 0.3 is 5.97 Å². The zero-order valence-electron chi connectivity index (χ0n) is 8.04. The smallest absolute Gasteiger partial charge is 0.306 e. The second-order valence-corrected chi connectivity index (χ2v) is 4.58. The van der Waals surface area contributed by atoms with Gasteiger partial charge in [-0.2, -0.15) is 0 Å². The first-order chi connectivity index (χ1) is 6.29. The Kier molecular flexibility index (Phi) is 2.56. The minimum Gasteiger partial charge on any atom is -0.481 e. The summed E-state index contributed by atoms with van der Waals surface area (Å²) in [7, 11) is 0. The fraction of sp³-hybridized carbons (Fsp3) is 0.909. The van der Waals surface area contributed by atoms with Gasteiger partial charge in [0.1, 0.15) is 0 Å². The van der Waals surface area contributed by atoms with Crippen LogP contribution in [0.2, 0.25) is 0 Å². The highest BCUT2D eigenvalue weighted by Crippen LogP contribution is 2.44. The zero-order valence-corrected chi connectivity index (χ0v) is 8.04. The Labute approximate surface area is 79.3 Å². The highest BCUT2D eigenvalue weighted by atomic mass is 16.4. The molecular formula is C11H18O2. The zero-order chi connectivity index (χ0) is 9.26. The van der Waals surface area contributed by atoms with Crippen molar-refractivity contribution < 1.29 is 9.90 Å². The predicted octanol–water partition coefficient (Wildman–Crippen LogP) is 2.68. The molecule has 0 aromatic heterocycles. The number of hydrogen-bond donors (Lipinski definition) is 1. The van der Waals surface area contributed by atoms with Crippen molar-refractivity contribution in [3.63, 3.8) is 0 Å². The van der Waals surface area contributed by atoms with Crippen molar-refractivity contribution in [2.75, 3.05) is 0 Å². The van der Waals surface area contributed by atoms with Crippen molar-refractivity contribution in [2.24, 2.45) is 17.8 Å². The van der Waals surface area contributed by atoms with E-state index in [4.69, 9.17) is 5.11 Å². The molecule has 0 amide bonds. The molecule has 0 radical (unpaired) electrons. The SMILES string of the molecule is O=C(O)[C@H]1CCCC[C@@H]2CCC[C@@H]21. The van der Waals surface area contributed by atoms with Gasteiger partial charge < -0.3 is 5.11 Å². The number of rotatable bonds is 1. The van der Waals surface area contributed by atoms with Crippen LogP contribution in [-0.2, 0) is 4.79 Å². The number of carboxylic acid groups (broad SMARTS) is 1. The molecule has 0 unspecified atom stereocenters. The molecule has 2 fully saturated rings. The van der Waals surface area contributed by atoms with E-state index >= 15 is 0 Å². The number of hydrogen-bond acceptors (Lipinski definition) is 1. The van der Waals surface area contributed by atoms with Crippen molar-refractivity contribution in [1.82, 2.24) is 0 Å². The van der Waals surface area contributed by atoms with E-state index < -0.39 is 5.97 Å². The first kappa shape index (κ1) is 9.04. The van der Waals surface area contributed by atoms with Crippen molar-refractivity contribution in [1.29, 1.82) is 0 Å². The van der Waals surface area contributed by atoms with Crippen LogP contribution in [-0.4, -0.2) is 11.1 Å². The van der Waals surface area contributed by atoms with E-state index in [0.29, 0.717) is 5.92 Å². The molecule has 2 nitrogen and oxygen atoms in total. The van der Waals surface area contributed by atoms with Gasteiger partial charge in [-0.05, 0) is 24.7 Å². The summed E-state index contributed by atoms with van der Waals surface area (Å²) in [5, 5.41) is 9.11. The quantitative estimate of drug-likeness (QED) is 0.677. The summed E-state index contributed by atoms with van der Waals surface area (Å²) in [5.74, 6) is 0.692. The second-order valence-electron chi connectivity index (χ2n) is 4.58. The molecule has 0 aliphatic heterocycles. The molecule has 0 bridgehead atoms. The van der Waals surface area contributed by atoms with Gasteiger partial charge in [0.2, 0.25) is 0 Å². The van der Waals surface area contributed by atoms with Gasteiger partial charge in [0.25, 0.3) is 0 Å². The van der Waals surface area contributed by atoms with Crippen molar-refractivity contribution >= 4 is 5.97 Å². The third kappa shape index (κ3) is 1.72. The van der Waals surface area contributed by atoms with E-state index in [1.807, 2.05) is 0 Å². The minimum atomic E-state index is -0.543. The van der Waals surface area contributed by atoms with Crippen LogP contribution in [0, 0.1) is 17.8 Å². The standard InChI is InChI=1S/C11H18O2/c12-11(13)10-6-2-1-4-8-5-3-7-9(8)10/h8-10H,1-7H2,(H,12,13)/t8-,9+,10+/m1/s1. The van der Waals surface area contributed by atoms with E-state index in [-0.39, 0.29) is 5.92 Å². The maximum Gasteiger partial charge on any atom is 0.306 e. The third-order valence-electron chi connectivity index (χ3n) is 3.89. The number of carbonyl (C=O) groups is 1. The van der Waals surface area contributed by atoms with Crippen LogP contribution in [0.5, 0.6) is 0 Å². The summed E-state index contributed by atoms with van der Waals surface area (Å²) in [6.45, 7) is 0. The molecule has 0 aromatic rings. The fourth-order valence-electron chi connectivity index (χ4n) is 3.25. The Hall–Kier alpha value is -0.530. The largest absolute Gasteiger partial charge is 0.481 e. The van der Waals surface area contributed by atoms with Gasteiger partial charge in [0.05, 0.1) is 5.92 Å². The number of fused-ring (bicyclic) bond motifs is 1.